The maximum atomic E-state index is 13.6. The molecule has 0 saturated carbocycles. The summed E-state index contributed by atoms with van der Waals surface area (Å²) in [6, 6.07) is 3.76. The highest BCUT2D eigenvalue weighted by Gasteiger charge is 2.14. The quantitative estimate of drug-likeness (QED) is 0.740. The molecule has 4 nitrogen and oxygen atoms in total. The standard InChI is InChI=1S/C12H8F2N4S/c13-8-2-1-3-9(14)12(8)10-5-19-11(17-10)4-18-7-15-6-16-18/h1-3,5-7H,4H2. The monoisotopic (exact) mass is 278 g/mol. The first-order chi connectivity index (χ1) is 9.24. The van der Waals surface area contributed by atoms with Gasteiger partial charge in [0, 0.05) is 5.38 Å². The third-order valence-corrected chi connectivity index (χ3v) is 3.37. The molecule has 0 spiro atoms. The fraction of sp³-hybridized carbons (Fsp3) is 0.0833. The van der Waals surface area contributed by atoms with E-state index < -0.39 is 11.6 Å². The number of aromatic nitrogens is 4. The average Bonchev–Trinajstić information content (AvgIpc) is 3.02. The van der Waals surface area contributed by atoms with Crippen molar-refractivity contribution in [2.45, 2.75) is 6.54 Å². The Morgan fingerprint density at radius 2 is 2.00 bits per heavy atom. The molecule has 0 aliphatic carbocycles. The van der Waals surface area contributed by atoms with E-state index >= 15 is 0 Å². The molecule has 0 bridgehead atoms. The maximum absolute atomic E-state index is 13.6. The minimum atomic E-state index is -0.613. The highest BCUT2D eigenvalue weighted by atomic mass is 32.1. The Kier molecular flexibility index (Phi) is 3.04. The van der Waals surface area contributed by atoms with Gasteiger partial charge >= 0.3 is 0 Å². The number of thiazole rings is 1. The van der Waals surface area contributed by atoms with Crippen LogP contribution in [0.4, 0.5) is 8.78 Å². The van der Waals surface area contributed by atoms with Crippen LogP contribution in [-0.4, -0.2) is 19.7 Å². The van der Waals surface area contributed by atoms with Crippen molar-refractivity contribution in [3.63, 3.8) is 0 Å². The highest BCUT2D eigenvalue weighted by molar-refractivity contribution is 7.09. The Morgan fingerprint density at radius 3 is 2.68 bits per heavy atom. The van der Waals surface area contributed by atoms with E-state index in [9.17, 15) is 8.78 Å². The second-order valence-corrected chi connectivity index (χ2v) is 4.76. The molecule has 3 aromatic rings. The Balaban J connectivity index is 1.93. The van der Waals surface area contributed by atoms with Crippen LogP contribution in [0.3, 0.4) is 0 Å². The minimum absolute atomic E-state index is 0.0939. The Morgan fingerprint density at radius 1 is 1.21 bits per heavy atom. The van der Waals surface area contributed by atoms with Gasteiger partial charge in [0.2, 0.25) is 0 Å². The normalized spacial score (nSPS) is 10.8. The predicted molar refractivity (Wildman–Crippen MR) is 66.6 cm³/mol. The maximum Gasteiger partial charge on any atom is 0.137 e. The molecule has 0 aliphatic rings. The van der Waals surface area contributed by atoms with Gasteiger partial charge < -0.3 is 0 Å². The van der Waals surface area contributed by atoms with E-state index in [2.05, 4.69) is 15.1 Å². The van der Waals surface area contributed by atoms with Gasteiger partial charge in [0.05, 0.1) is 17.8 Å². The number of hydrogen-bond acceptors (Lipinski definition) is 4. The van der Waals surface area contributed by atoms with Gasteiger partial charge in [-0.25, -0.2) is 23.4 Å². The van der Waals surface area contributed by atoms with Gasteiger partial charge in [-0.15, -0.1) is 11.3 Å². The molecule has 0 aliphatic heterocycles. The van der Waals surface area contributed by atoms with E-state index in [1.807, 2.05) is 0 Å². The molecule has 19 heavy (non-hydrogen) atoms. The van der Waals surface area contributed by atoms with Gasteiger partial charge in [-0.3, -0.25) is 0 Å². The second-order valence-electron chi connectivity index (χ2n) is 3.82. The molecule has 2 heterocycles. The van der Waals surface area contributed by atoms with Crippen LogP contribution in [-0.2, 0) is 6.54 Å². The van der Waals surface area contributed by atoms with Gasteiger partial charge in [0.25, 0.3) is 0 Å². The molecule has 2 aromatic heterocycles. The fourth-order valence-corrected chi connectivity index (χ4v) is 2.47. The first-order valence-corrected chi connectivity index (χ1v) is 6.33. The van der Waals surface area contributed by atoms with E-state index in [0.717, 1.165) is 0 Å². The summed E-state index contributed by atoms with van der Waals surface area (Å²) in [7, 11) is 0. The van der Waals surface area contributed by atoms with E-state index in [1.54, 1.807) is 16.4 Å². The first kappa shape index (κ1) is 11.9. The van der Waals surface area contributed by atoms with Crippen molar-refractivity contribution in [3.05, 3.63) is 52.9 Å². The molecule has 0 radical (unpaired) electrons. The molecule has 0 atom stereocenters. The summed E-state index contributed by atoms with van der Waals surface area (Å²) in [5.41, 5.74) is 0.208. The van der Waals surface area contributed by atoms with Crippen molar-refractivity contribution in [1.82, 2.24) is 19.7 Å². The second kappa shape index (κ2) is 4.85. The van der Waals surface area contributed by atoms with Gasteiger partial charge in [-0.2, -0.15) is 5.10 Å². The van der Waals surface area contributed by atoms with Crippen molar-refractivity contribution in [2.75, 3.05) is 0 Å². The predicted octanol–water partition coefficient (Wildman–Crippen LogP) is 2.73. The Labute approximate surface area is 111 Å². The third kappa shape index (κ3) is 2.37. The van der Waals surface area contributed by atoms with Crippen LogP contribution in [0.25, 0.3) is 11.3 Å². The SMILES string of the molecule is Fc1cccc(F)c1-c1csc(Cn2cncn2)n1. The van der Waals surface area contributed by atoms with Gasteiger partial charge in [-0.1, -0.05) is 6.07 Å². The highest BCUT2D eigenvalue weighted by Crippen LogP contribution is 2.27. The lowest BCUT2D eigenvalue weighted by Crippen LogP contribution is -1.99. The fourth-order valence-electron chi connectivity index (χ4n) is 1.69. The van der Waals surface area contributed by atoms with Gasteiger partial charge in [0.1, 0.15) is 29.3 Å². The first-order valence-electron chi connectivity index (χ1n) is 5.45. The molecular weight excluding hydrogens is 270 g/mol. The molecule has 0 saturated heterocycles. The summed E-state index contributed by atoms with van der Waals surface area (Å²) >= 11 is 1.33. The van der Waals surface area contributed by atoms with E-state index in [1.165, 1.54) is 35.9 Å². The van der Waals surface area contributed by atoms with Crippen LogP contribution in [0.1, 0.15) is 5.01 Å². The lowest BCUT2D eigenvalue weighted by atomic mass is 10.1. The summed E-state index contributed by atoms with van der Waals surface area (Å²) in [4.78, 5) is 8.05. The Bertz CT molecular complexity index is 673. The summed E-state index contributed by atoms with van der Waals surface area (Å²) in [5.74, 6) is -1.23. The molecule has 0 unspecified atom stereocenters. The zero-order chi connectivity index (χ0) is 13.2. The number of benzene rings is 1. The van der Waals surface area contributed by atoms with Crippen LogP contribution in [0.5, 0.6) is 0 Å². The van der Waals surface area contributed by atoms with Crippen molar-refractivity contribution in [1.29, 1.82) is 0 Å². The van der Waals surface area contributed by atoms with Gasteiger partial charge in [-0.05, 0) is 12.1 Å². The number of nitrogens with zero attached hydrogens (tertiary/aromatic N) is 4. The van der Waals surface area contributed by atoms with Crippen LogP contribution in [0.15, 0.2) is 36.2 Å². The van der Waals surface area contributed by atoms with Crippen LogP contribution >= 0.6 is 11.3 Å². The molecule has 96 valence electrons. The molecule has 0 amide bonds. The summed E-state index contributed by atoms with van der Waals surface area (Å²) in [5, 5.41) is 6.30. The largest absolute Gasteiger partial charge is 0.246 e. The van der Waals surface area contributed by atoms with Crippen molar-refractivity contribution < 1.29 is 8.78 Å². The molecule has 0 N–H and O–H groups in total. The van der Waals surface area contributed by atoms with Crippen LogP contribution in [0, 0.1) is 11.6 Å². The minimum Gasteiger partial charge on any atom is -0.246 e. The van der Waals surface area contributed by atoms with E-state index in [-0.39, 0.29) is 5.56 Å². The van der Waals surface area contributed by atoms with Crippen molar-refractivity contribution in [3.8, 4) is 11.3 Å². The molecule has 0 fully saturated rings. The smallest absolute Gasteiger partial charge is 0.137 e. The van der Waals surface area contributed by atoms with Gasteiger partial charge in [0.15, 0.2) is 0 Å². The van der Waals surface area contributed by atoms with E-state index in [0.29, 0.717) is 17.2 Å². The molecule has 3 rings (SSSR count). The lowest BCUT2D eigenvalue weighted by molar-refractivity contribution is 0.588. The van der Waals surface area contributed by atoms with E-state index in [4.69, 9.17) is 0 Å². The zero-order valence-electron chi connectivity index (χ0n) is 9.62. The molecule has 1 aromatic carbocycles. The lowest BCUT2D eigenvalue weighted by Gasteiger charge is -2.00. The summed E-state index contributed by atoms with van der Waals surface area (Å²) < 4.78 is 28.8. The summed E-state index contributed by atoms with van der Waals surface area (Å²) in [6.07, 6.45) is 2.98. The topological polar surface area (TPSA) is 43.6 Å². The average molecular weight is 278 g/mol. The zero-order valence-corrected chi connectivity index (χ0v) is 10.4. The molecule has 7 heteroatoms. The van der Waals surface area contributed by atoms with Crippen molar-refractivity contribution in [2.24, 2.45) is 0 Å². The Hall–Kier alpha value is -2.15. The number of hydrogen-bond donors (Lipinski definition) is 0. The van der Waals surface area contributed by atoms with Crippen molar-refractivity contribution >= 4 is 11.3 Å². The summed E-state index contributed by atoms with van der Waals surface area (Å²) in [6.45, 7) is 0.431. The number of halogens is 2. The van der Waals surface area contributed by atoms with Crippen LogP contribution in [0.2, 0.25) is 0 Å². The van der Waals surface area contributed by atoms with Crippen LogP contribution < -0.4 is 0 Å². The third-order valence-electron chi connectivity index (χ3n) is 2.53. The molecular formula is C12H8F2N4S. The number of rotatable bonds is 3.